The van der Waals surface area contributed by atoms with Gasteiger partial charge in [-0.05, 0) is 23.1 Å². The topological polar surface area (TPSA) is 63.1 Å². The quantitative estimate of drug-likeness (QED) is 0.681. The van der Waals surface area contributed by atoms with E-state index in [0.717, 1.165) is 21.9 Å². The number of amides is 1. The molecule has 1 aliphatic heterocycles. The van der Waals surface area contributed by atoms with Crippen LogP contribution in [0.5, 0.6) is 0 Å². The van der Waals surface area contributed by atoms with Gasteiger partial charge in [0.05, 0.1) is 44.1 Å². The minimum Gasteiger partial charge on any atom is -0.317 e. The lowest BCUT2D eigenvalue weighted by atomic mass is 9.58. The number of nitrogens with zero attached hydrogens (tertiary/aromatic N) is 4. The third kappa shape index (κ3) is 3.99. The van der Waals surface area contributed by atoms with Gasteiger partial charge in [0.15, 0.2) is 0 Å². The lowest BCUT2D eigenvalue weighted by molar-refractivity contribution is -0.117. The largest absolute Gasteiger partial charge is 0.317 e. The van der Waals surface area contributed by atoms with Crippen molar-refractivity contribution >= 4 is 53.9 Å². The second kappa shape index (κ2) is 7.10. The molecule has 2 aromatic heterocycles. The van der Waals surface area contributed by atoms with Crippen LogP contribution in [0.25, 0.3) is 21.9 Å². The smallest absolute Gasteiger partial charge is 0.239 e. The van der Waals surface area contributed by atoms with Gasteiger partial charge in [0.1, 0.15) is 5.82 Å². The average Bonchev–Trinajstić information content (AvgIpc) is 3.18. The number of aromatic nitrogens is 3. The summed E-state index contributed by atoms with van der Waals surface area (Å²) in [5, 5.41) is 6.42. The molecule has 3 aromatic rings. The van der Waals surface area contributed by atoms with Gasteiger partial charge in [-0.3, -0.25) is 9.48 Å². The van der Waals surface area contributed by atoms with E-state index in [4.69, 9.17) is 31.4 Å². The summed E-state index contributed by atoms with van der Waals surface area (Å²) in [6, 6.07) is 7.83. The van der Waals surface area contributed by atoms with Crippen molar-refractivity contribution < 1.29 is 4.79 Å². The molecule has 3 heterocycles. The highest BCUT2D eigenvalue weighted by Crippen LogP contribution is 2.33. The summed E-state index contributed by atoms with van der Waals surface area (Å²) in [7, 11) is 26.0. The Morgan fingerprint density at radius 3 is 2.45 bits per heavy atom. The minimum atomic E-state index is -1.23. The number of anilines is 1. The Labute approximate surface area is 175 Å². The maximum absolute atomic E-state index is 12.5. The molecule has 1 amide bonds. The standard InChI is InChI=1S/C19H17B4N5O/c1-27-10-15(9-25-27)12-2-3-13-8-24-16(7-14(13)6-12)26-17(29)11-28-18(20,21)4-5-19(28,22)23/h2-3,6-10H,4-5,11H2,1H3,(H,24,26,29). The Kier molecular flexibility index (Phi) is 4.85. The molecule has 6 nitrogen and oxygen atoms in total. The number of hydrogen-bond donors (Lipinski definition) is 1. The monoisotopic (exact) mass is 375 g/mol. The maximum Gasteiger partial charge on any atom is 0.239 e. The number of aryl methyl sites for hydroxylation is 1. The van der Waals surface area contributed by atoms with E-state index in [1.165, 1.54) is 4.90 Å². The van der Waals surface area contributed by atoms with Crippen LogP contribution in [0.2, 0.25) is 0 Å². The van der Waals surface area contributed by atoms with Crippen LogP contribution < -0.4 is 5.32 Å². The molecule has 0 aliphatic carbocycles. The molecular formula is C19H17B4N5O. The van der Waals surface area contributed by atoms with Gasteiger partial charge in [0, 0.05) is 30.4 Å². The van der Waals surface area contributed by atoms with E-state index >= 15 is 0 Å². The molecule has 1 saturated heterocycles. The van der Waals surface area contributed by atoms with Crippen LogP contribution in [-0.2, 0) is 11.8 Å². The molecule has 136 valence electrons. The Balaban J connectivity index is 1.54. The molecule has 1 fully saturated rings. The molecule has 0 atom stereocenters. The fraction of sp³-hybridized carbons (Fsp3) is 0.316. The average molecular weight is 375 g/mol. The zero-order chi connectivity index (χ0) is 20.8. The Morgan fingerprint density at radius 2 is 1.79 bits per heavy atom. The number of carbonyl (C=O) groups excluding carboxylic acids is 1. The van der Waals surface area contributed by atoms with Crippen LogP contribution in [0.4, 0.5) is 5.82 Å². The summed E-state index contributed by atoms with van der Waals surface area (Å²) < 4.78 is 1.75. The highest BCUT2D eigenvalue weighted by Gasteiger charge is 2.43. The first-order valence-corrected chi connectivity index (χ1v) is 9.26. The summed E-state index contributed by atoms with van der Waals surface area (Å²) >= 11 is 0. The number of hydrogen-bond acceptors (Lipinski definition) is 4. The molecule has 1 aromatic carbocycles. The third-order valence-electron chi connectivity index (χ3n) is 5.26. The van der Waals surface area contributed by atoms with Crippen LogP contribution in [0, 0.1) is 0 Å². The third-order valence-corrected chi connectivity index (χ3v) is 5.26. The van der Waals surface area contributed by atoms with Gasteiger partial charge in [0.2, 0.25) is 5.91 Å². The first-order chi connectivity index (χ1) is 13.6. The normalized spacial score (nSPS) is 18.1. The molecule has 0 bridgehead atoms. The molecule has 1 N–H and O–H groups in total. The zero-order valence-corrected chi connectivity index (χ0v) is 16.2. The van der Waals surface area contributed by atoms with Crippen LogP contribution >= 0.6 is 0 Å². The molecule has 0 saturated carbocycles. The predicted octanol–water partition coefficient (Wildman–Crippen LogP) is 0.651. The summed E-state index contributed by atoms with van der Waals surface area (Å²) in [5.74, 6) is 0.0760. The number of carbonyl (C=O) groups is 1. The molecular weight excluding hydrogens is 357 g/mol. The van der Waals surface area contributed by atoms with Crippen LogP contribution in [0.1, 0.15) is 12.8 Å². The fourth-order valence-corrected chi connectivity index (χ4v) is 3.64. The van der Waals surface area contributed by atoms with Gasteiger partial charge in [-0.1, -0.05) is 35.6 Å². The number of benzene rings is 1. The van der Waals surface area contributed by atoms with E-state index in [9.17, 15) is 4.79 Å². The molecule has 0 spiro atoms. The molecule has 0 unspecified atom stereocenters. The second-order valence-corrected chi connectivity index (χ2v) is 7.65. The van der Waals surface area contributed by atoms with Crippen molar-refractivity contribution in [2.75, 3.05) is 11.9 Å². The fourth-order valence-electron chi connectivity index (χ4n) is 3.64. The lowest BCUT2D eigenvalue weighted by Gasteiger charge is -2.41. The van der Waals surface area contributed by atoms with Crippen LogP contribution in [-0.4, -0.2) is 74.2 Å². The Hall–Kier alpha value is -2.47. The van der Waals surface area contributed by atoms with E-state index < -0.39 is 10.7 Å². The van der Waals surface area contributed by atoms with E-state index in [0.29, 0.717) is 18.7 Å². The van der Waals surface area contributed by atoms with Crippen molar-refractivity contribution in [2.24, 2.45) is 7.05 Å². The summed E-state index contributed by atoms with van der Waals surface area (Å²) in [6.45, 7) is -0.130. The molecule has 10 heteroatoms. The van der Waals surface area contributed by atoms with E-state index in [1.54, 1.807) is 17.1 Å². The van der Waals surface area contributed by atoms with Gasteiger partial charge in [-0.2, -0.15) is 5.10 Å². The van der Waals surface area contributed by atoms with E-state index in [2.05, 4.69) is 15.4 Å². The number of rotatable bonds is 4. The summed E-state index contributed by atoms with van der Waals surface area (Å²) in [6.07, 6.45) is 6.26. The second-order valence-electron chi connectivity index (χ2n) is 7.65. The van der Waals surface area contributed by atoms with Gasteiger partial charge in [-0.15, -0.1) is 0 Å². The number of fused-ring (bicyclic) bond motifs is 1. The van der Waals surface area contributed by atoms with Crippen LogP contribution in [0.15, 0.2) is 42.9 Å². The summed E-state index contributed by atoms with van der Waals surface area (Å²) in [4.78, 5) is 18.3. The molecule has 4 rings (SSSR count). The first-order valence-electron chi connectivity index (χ1n) is 9.26. The van der Waals surface area contributed by atoms with Crippen molar-refractivity contribution in [3.63, 3.8) is 0 Å². The first kappa shape index (κ1) is 19.8. The molecule has 29 heavy (non-hydrogen) atoms. The Bertz CT molecular complexity index is 1070. The van der Waals surface area contributed by atoms with E-state index in [-0.39, 0.29) is 12.5 Å². The number of nitrogens with one attached hydrogen (secondary N) is 1. The predicted molar refractivity (Wildman–Crippen MR) is 117 cm³/mol. The van der Waals surface area contributed by atoms with Crippen molar-refractivity contribution in [1.29, 1.82) is 0 Å². The number of pyridine rings is 1. The highest BCUT2D eigenvalue weighted by atomic mass is 16.2. The van der Waals surface area contributed by atoms with Crippen molar-refractivity contribution in [2.45, 2.75) is 23.5 Å². The highest BCUT2D eigenvalue weighted by molar-refractivity contribution is 6.45. The number of likely N-dealkylation sites (tertiary alicyclic amines) is 1. The summed E-state index contributed by atoms with van der Waals surface area (Å²) in [5.41, 5.74) is 2.04. The van der Waals surface area contributed by atoms with Gasteiger partial charge >= 0.3 is 0 Å². The van der Waals surface area contributed by atoms with Crippen molar-refractivity contribution in [3.05, 3.63) is 42.9 Å². The zero-order valence-electron chi connectivity index (χ0n) is 16.2. The van der Waals surface area contributed by atoms with E-state index in [1.807, 2.05) is 37.5 Å². The molecule has 8 radical (unpaired) electrons. The lowest BCUT2D eigenvalue weighted by Crippen LogP contribution is -2.58. The van der Waals surface area contributed by atoms with Gasteiger partial charge in [-0.25, -0.2) is 4.98 Å². The van der Waals surface area contributed by atoms with Gasteiger partial charge < -0.3 is 10.2 Å². The van der Waals surface area contributed by atoms with Crippen molar-refractivity contribution in [1.82, 2.24) is 19.7 Å². The Morgan fingerprint density at radius 1 is 1.07 bits per heavy atom. The minimum absolute atomic E-state index is 0.130. The maximum atomic E-state index is 12.5. The van der Waals surface area contributed by atoms with Gasteiger partial charge in [0.25, 0.3) is 0 Å². The van der Waals surface area contributed by atoms with Crippen molar-refractivity contribution in [3.8, 4) is 11.1 Å². The molecule has 1 aliphatic rings. The van der Waals surface area contributed by atoms with Crippen LogP contribution in [0.3, 0.4) is 0 Å². The SMILES string of the molecule is [B]C1([B])CCC([B])([B])N1CC(=O)Nc1cc2cc(-c3cnn(C)c3)ccc2cn1.